The molecule has 0 amide bonds. The van der Waals surface area contributed by atoms with Crippen LogP contribution in [-0.2, 0) is 15.1 Å². The van der Waals surface area contributed by atoms with E-state index in [1.54, 1.807) is 13.8 Å². The molecule has 0 aliphatic carbocycles. The molecule has 1 rings (SSSR count). The molecule has 0 radical (unpaired) electrons. The third-order valence-corrected chi connectivity index (χ3v) is 2.82. The van der Waals surface area contributed by atoms with E-state index in [1.165, 1.54) is 0 Å². The van der Waals surface area contributed by atoms with E-state index in [9.17, 15) is 4.79 Å². The first-order chi connectivity index (χ1) is 6.47. The number of halogens is 1. The Labute approximate surface area is 91.6 Å². The van der Waals surface area contributed by atoms with Crippen LogP contribution in [0.1, 0.15) is 25.2 Å². The summed E-state index contributed by atoms with van der Waals surface area (Å²) in [4.78, 5) is 14.6. The van der Waals surface area contributed by atoms with E-state index in [0.29, 0.717) is 6.47 Å². The molecule has 76 valence electrons. The van der Waals surface area contributed by atoms with Gasteiger partial charge in [0.15, 0.2) is 0 Å². The highest BCUT2D eigenvalue weighted by Gasteiger charge is 2.23. The topological polar surface area (TPSA) is 39.2 Å². The van der Waals surface area contributed by atoms with Crippen molar-refractivity contribution in [3.05, 3.63) is 28.0 Å². The second-order valence-electron chi connectivity index (χ2n) is 3.49. The molecule has 0 saturated carbocycles. The monoisotopic (exact) mass is 257 g/mol. The predicted molar refractivity (Wildman–Crippen MR) is 56.8 cm³/mol. The molecule has 0 bridgehead atoms. The minimum Gasteiger partial charge on any atom is -0.455 e. The number of rotatable bonds is 3. The third-order valence-electron chi connectivity index (χ3n) is 1.98. The van der Waals surface area contributed by atoms with E-state index in [-0.39, 0.29) is 0 Å². The molecule has 0 fully saturated rings. The highest BCUT2D eigenvalue weighted by atomic mass is 79.9. The van der Waals surface area contributed by atoms with E-state index in [4.69, 9.17) is 4.74 Å². The van der Waals surface area contributed by atoms with Crippen LogP contribution in [0.5, 0.6) is 0 Å². The largest absolute Gasteiger partial charge is 0.455 e. The Balaban J connectivity index is 3.07. The molecule has 0 aliphatic heterocycles. The number of nitrogens with zero attached hydrogens (tertiary/aromatic N) is 1. The Morgan fingerprint density at radius 1 is 1.50 bits per heavy atom. The number of aryl methyl sites for hydroxylation is 1. The molecule has 4 heteroatoms. The Morgan fingerprint density at radius 2 is 2.14 bits per heavy atom. The Bertz CT molecular complexity index is 350. The first kappa shape index (κ1) is 11.2. The van der Waals surface area contributed by atoms with Crippen molar-refractivity contribution in [2.75, 3.05) is 0 Å². The molecular weight excluding hydrogens is 246 g/mol. The summed E-state index contributed by atoms with van der Waals surface area (Å²) in [6.07, 6.45) is 0. The second-order valence-corrected chi connectivity index (χ2v) is 4.34. The lowest BCUT2D eigenvalue weighted by atomic mass is 10.0. The normalized spacial score (nSPS) is 11.1. The van der Waals surface area contributed by atoms with Gasteiger partial charge in [-0.2, -0.15) is 0 Å². The van der Waals surface area contributed by atoms with Gasteiger partial charge in [0.25, 0.3) is 6.47 Å². The van der Waals surface area contributed by atoms with Gasteiger partial charge < -0.3 is 4.74 Å². The number of hydrogen-bond acceptors (Lipinski definition) is 3. The van der Waals surface area contributed by atoms with Crippen molar-refractivity contribution >= 4 is 22.4 Å². The SMILES string of the molecule is Cc1nc(C(C)(C)OC=O)ccc1Br. The van der Waals surface area contributed by atoms with Crippen molar-refractivity contribution in [2.24, 2.45) is 0 Å². The van der Waals surface area contributed by atoms with Crippen molar-refractivity contribution in [3.8, 4) is 0 Å². The van der Waals surface area contributed by atoms with Crippen LogP contribution in [0.15, 0.2) is 16.6 Å². The molecule has 0 spiro atoms. The fraction of sp³-hybridized carbons (Fsp3) is 0.400. The lowest BCUT2D eigenvalue weighted by molar-refractivity contribution is -0.141. The van der Waals surface area contributed by atoms with Gasteiger partial charge in [-0.3, -0.25) is 9.78 Å². The minimum absolute atomic E-state index is 0.444. The number of pyridine rings is 1. The maximum Gasteiger partial charge on any atom is 0.294 e. The number of aromatic nitrogens is 1. The summed E-state index contributed by atoms with van der Waals surface area (Å²) in [5.41, 5.74) is 0.947. The highest BCUT2D eigenvalue weighted by molar-refractivity contribution is 9.10. The van der Waals surface area contributed by atoms with E-state index < -0.39 is 5.60 Å². The maximum absolute atomic E-state index is 10.3. The fourth-order valence-electron chi connectivity index (χ4n) is 1.06. The van der Waals surface area contributed by atoms with Gasteiger partial charge in [-0.05, 0) is 48.8 Å². The number of ether oxygens (including phenoxy) is 1. The first-order valence-corrected chi connectivity index (χ1v) is 5.02. The van der Waals surface area contributed by atoms with E-state index in [0.717, 1.165) is 15.9 Å². The van der Waals surface area contributed by atoms with Crippen molar-refractivity contribution in [1.29, 1.82) is 0 Å². The van der Waals surface area contributed by atoms with E-state index >= 15 is 0 Å². The van der Waals surface area contributed by atoms with Crippen molar-refractivity contribution in [1.82, 2.24) is 4.98 Å². The first-order valence-electron chi connectivity index (χ1n) is 4.22. The van der Waals surface area contributed by atoms with Gasteiger partial charge in [-0.25, -0.2) is 0 Å². The zero-order valence-corrected chi connectivity index (χ0v) is 9.96. The molecule has 14 heavy (non-hydrogen) atoms. The van der Waals surface area contributed by atoms with Crippen molar-refractivity contribution < 1.29 is 9.53 Å². The number of carbonyl (C=O) groups is 1. The van der Waals surface area contributed by atoms with Crippen LogP contribution in [0, 0.1) is 6.92 Å². The van der Waals surface area contributed by atoms with Gasteiger partial charge in [-0.15, -0.1) is 0 Å². The van der Waals surface area contributed by atoms with Crippen LogP contribution in [0.4, 0.5) is 0 Å². The Kier molecular flexibility index (Phi) is 3.26. The summed E-state index contributed by atoms with van der Waals surface area (Å²) >= 11 is 3.36. The van der Waals surface area contributed by atoms with Crippen molar-refractivity contribution in [2.45, 2.75) is 26.4 Å². The summed E-state index contributed by atoms with van der Waals surface area (Å²) in [6, 6.07) is 3.73. The van der Waals surface area contributed by atoms with E-state index in [2.05, 4.69) is 20.9 Å². The molecule has 0 N–H and O–H groups in total. The smallest absolute Gasteiger partial charge is 0.294 e. The summed E-state index contributed by atoms with van der Waals surface area (Å²) in [5, 5.41) is 0. The third kappa shape index (κ3) is 2.32. The summed E-state index contributed by atoms with van der Waals surface area (Å²) in [6.45, 7) is 5.94. The van der Waals surface area contributed by atoms with E-state index in [1.807, 2.05) is 19.1 Å². The molecular formula is C10H12BrNO2. The zero-order valence-electron chi connectivity index (χ0n) is 8.37. The maximum atomic E-state index is 10.3. The zero-order chi connectivity index (χ0) is 10.8. The van der Waals surface area contributed by atoms with Crippen LogP contribution in [0.3, 0.4) is 0 Å². The highest BCUT2D eigenvalue weighted by Crippen LogP contribution is 2.24. The Morgan fingerprint density at radius 3 is 2.64 bits per heavy atom. The van der Waals surface area contributed by atoms with Gasteiger partial charge in [0.05, 0.1) is 11.4 Å². The molecule has 0 unspecified atom stereocenters. The second kappa shape index (κ2) is 4.09. The predicted octanol–water partition coefficient (Wildman–Crippen LogP) is 2.56. The van der Waals surface area contributed by atoms with Crippen LogP contribution in [0.2, 0.25) is 0 Å². The number of carbonyl (C=O) groups excluding carboxylic acids is 1. The van der Waals surface area contributed by atoms with Crippen LogP contribution < -0.4 is 0 Å². The van der Waals surface area contributed by atoms with Crippen LogP contribution in [-0.4, -0.2) is 11.5 Å². The minimum atomic E-state index is -0.673. The molecule has 1 heterocycles. The van der Waals surface area contributed by atoms with Gasteiger partial charge in [0, 0.05) is 4.47 Å². The van der Waals surface area contributed by atoms with Gasteiger partial charge in [-0.1, -0.05) is 0 Å². The fourth-order valence-corrected chi connectivity index (χ4v) is 1.28. The lowest BCUT2D eigenvalue weighted by Gasteiger charge is -2.22. The Hall–Kier alpha value is -0.900. The average molecular weight is 258 g/mol. The standard InChI is InChI=1S/C10H12BrNO2/c1-7-8(11)4-5-9(12-7)10(2,3)14-6-13/h4-6H,1-3H3. The summed E-state index contributed by atoms with van der Waals surface area (Å²) < 4.78 is 5.90. The van der Waals surface area contributed by atoms with Crippen molar-refractivity contribution in [3.63, 3.8) is 0 Å². The molecule has 0 atom stereocenters. The van der Waals surface area contributed by atoms with Crippen LogP contribution >= 0.6 is 15.9 Å². The molecule has 1 aromatic rings. The van der Waals surface area contributed by atoms with Gasteiger partial charge in [0.1, 0.15) is 5.60 Å². The quantitative estimate of drug-likeness (QED) is 0.782. The summed E-state index contributed by atoms with van der Waals surface area (Å²) in [5.74, 6) is 0. The molecule has 0 aromatic carbocycles. The van der Waals surface area contributed by atoms with Crippen LogP contribution in [0.25, 0.3) is 0 Å². The number of hydrogen-bond donors (Lipinski definition) is 0. The van der Waals surface area contributed by atoms with Gasteiger partial charge in [0.2, 0.25) is 0 Å². The lowest BCUT2D eigenvalue weighted by Crippen LogP contribution is -2.22. The average Bonchev–Trinajstić information content (AvgIpc) is 2.09. The molecule has 0 aliphatic rings. The molecule has 0 saturated heterocycles. The molecule has 3 nitrogen and oxygen atoms in total. The van der Waals surface area contributed by atoms with Gasteiger partial charge >= 0.3 is 0 Å². The summed E-state index contributed by atoms with van der Waals surface area (Å²) in [7, 11) is 0. The molecule has 1 aromatic heterocycles.